The van der Waals surface area contributed by atoms with Crippen molar-refractivity contribution in [2.45, 2.75) is 263 Å². The molecule has 0 spiro atoms. The number of hydrogen-bond acceptors (Lipinski definition) is 4. The largest absolute Gasteiger partial charge is 0.394 e. The molecule has 0 fully saturated rings. The third-order valence-electron chi connectivity index (χ3n) is 11.0. The van der Waals surface area contributed by atoms with E-state index in [0.717, 1.165) is 32.1 Å². The minimum absolute atomic E-state index is 0.365. The number of allylic oxidation sites excluding steroid dienone is 5. The van der Waals surface area contributed by atoms with Crippen molar-refractivity contribution in [2.75, 3.05) is 6.61 Å². The average molecular weight is 760 g/mol. The molecule has 0 aromatic rings. The van der Waals surface area contributed by atoms with E-state index in [1.165, 1.54) is 193 Å². The van der Waals surface area contributed by atoms with Crippen LogP contribution in [0.1, 0.15) is 245 Å². The molecule has 3 atom stereocenters. The fourth-order valence-corrected chi connectivity index (χ4v) is 7.24. The van der Waals surface area contributed by atoms with Gasteiger partial charge in [-0.15, -0.1) is 0 Å². The van der Waals surface area contributed by atoms with Crippen LogP contribution in [0.25, 0.3) is 0 Å². The fourth-order valence-electron chi connectivity index (χ4n) is 7.24. The Labute approximate surface area is 336 Å². The Morgan fingerprint density at radius 2 is 0.778 bits per heavy atom. The second-order valence-corrected chi connectivity index (χ2v) is 16.3. The molecule has 5 nitrogen and oxygen atoms in total. The normalized spacial score (nSPS) is 13.8. The van der Waals surface area contributed by atoms with Crippen molar-refractivity contribution < 1.29 is 20.1 Å². The first-order chi connectivity index (χ1) is 26.6. The minimum atomic E-state index is -1.10. The molecule has 0 rings (SSSR count). The molecular formula is C49H93NO4. The summed E-state index contributed by atoms with van der Waals surface area (Å²) < 4.78 is 0. The summed E-state index contributed by atoms with van der Waals surface area (Å²) in [4.78, 5) is 12.5. The topological polar surface area (TPSA) is 89.8 Å². The Morgan fingerprint density at radius 3 is 1.17 bits per heavy atom. The van der Waals surface area contributed by atoms with Gasteiger partial charge in [0.2, 0.25) is 5.91 Å². The number of aliphatic hydroxyl groups is 3. The second kappa shape index (κ2) is 44.3. The average Bonchev–Trinajstić information content (AvgIpc) is 3.18. The standard InChI is InChI=1S/C49H93NO4/c1-3-5-7-9-11-13-15-17-19-21-23-24-25-26-28-29-31-33-35-37-39-41-43-47(52)46(45-51)50-49(54)48(53)44-42-40-38-36-34-32-30-27-22-20-18-16-14-12-10-8-6-4-2/h12,14,16,18,41,43,46-48,51-53H,3-11,13,15,17,19-40,42,44-45H2,1-2H3,(H,50,54)/b14-12-,18-16-,43-41+. The first-order valence-corrected chi connectivity index (χ1v) is 23.8. The molecule has 0 saturated carbocycles. The van der Waals surface area contributed by atoms with Crippen LogP contribution in [0.15, 0.2) is 36.5 Å². The molecule has 318 valence electrons. The molecule has 0 aliphatic rings. The van der Waals surface area contributed by atoms with Gasteiger partial charge >= 0.3 is 0 Å². The van der Waals surface area contributed by atoms with Crippen LogP contribution in [0.4, 0.5) is 0 Å². The van der Waals surface area contributed by atoms with Crippen LogP contribution in [-0.4, -0.2) is 46.1 Å². The molecule has 0 aliphatic heterocycles. The van der Waals surface area contributed by atoms with Crippen molar-refractivity contribution in [2.24, 2.45) is 0 Å². The second-order valence-electron chi connectivity index (χ2n) is 16.3. The Hall–Kier alpha value is -1.43. The van der Waals surface area contributed by atoms with Gasteiger partial charge < -0.3 is 20.6 Å². The third kappa shape index (κ3) is 38.8. The van der Waals surface area contributed by atoms with Gasteiger partial charge in [0, 0.05) is 0 Å². The molecule has 0 bridgehead atoms. The van der Waals surface area contributed by atoms with Crippen molar-refractivity contribution in [1.29, 1.82) is 0 Å². The lowest BCUT2D eigenvalue weighted by Gasteiger charge is -2.21. The minimum Gasteiger partial charge on any atom is -0.394 e. The van der Waals surface area contributed by atoms with Gasteiger partial charge in [0.1, 0.15) is 6.10 Å². The highest BCUT2D eigenvalue weighted by Gasteiger charge is 2.22. The van der Waals surface area contributed by atoms with Crippen molar-refractivity contribution in [1.82, 2.24) is 5.32 Å². The molecule has 3 unspecified atom stereocenters. The molecule has 0 aromatic carbocycles. The monoisotopic (exact) mass is 760 g/mol. The zero-order valence-corrected chi connectivity index (χ0v) is 36.1. The smallest absolute Gasteiger partial charge is 0.249 e. The van der Waals surface area contributed by atoms with E-state index in [2.05, 4.69) is 43.5 Å². The number of carbonyl (C=O) groups excluding carboxylic acids is 1. The van der Waals surface area contributed by atoms with Gasteiger partial charge in [0.15, 0.2) is 0 Å². The van der Waals surface area contributed by atoms with Gasteiger partial charge in [-0.2, -0.15) is 0 Å². The predicted octanol–water partition coefficient (Wildman–Crippen LogP) is 13.9. The summed E-state index contributed by atoms with van der Waals surface area (Å²) in [6.07, 6.45) is 56.1. The summed E-state index contributed by atoms with van der Waals surface area (Å²) in [6.45, 7) is 4.17. The zero-order valence-electron chi connectivity index (χ0n) is 36.1. The maximum Gasteiger partial charge on any atom is 0.249 e. The number of rotatable bonds is 43. The van der Waals surface area contributed by atoms with E-state index < -0.39 is 24.2 Å². The molecule has 1 amide bonds. The maximum absolute atomic E-state index is 12.5. The van der Waals surface area contributed by atoms with E-state index >= 15 is 0 Å². The first-order valence-electron chi connectivity index (χ1n) is 23.8. The molecule has 0 heterocycles. The Bertz CT molecular complexity index is 840. The SMILES string of the molecule is CCCCC/C=C\C=C/CCCCCCCCCCCC(O)C(=O)NC(CO)C(O)/C=C/CCCCCCCCCCCCCCCCCCCCCC. The summed E-state index contributed by atoms with van der Waals surface area (Å²) in [5.41, 5.74) is 0. The maximum atomic E-state index is 12.5. The van der Waals surface area contributed by atoms with Crippen molar-refractivity contribution in [3.05, 3.63) is 36.5 Å². The van der Waals surface area contributed by atoms with E-state index in [-0.39, 0.29) is 6.61 Å². The van der Waals surface area contributed by atoms with E-state index in [1.807, 2.05) is 6.08 Å². The molecule has 4 N–H and O–H groups in total. The number of nitrogens with one attached hydrogen (secondary N) is 1. The predicted molar refractivity (Wildman–Crippen MR) is 236 cm³/mol. The summed E-state index contributed by atoms with van der Waals surface area (Å²) >= 11 is 0. The number of hydrogen-bond donors (Lipinski definition) is 4. The van der Waals surface area contributed by atoms with Gasteiger partial charge in [-0.1, -0.05) is 237 Å². The number of aliphatic hydroxyl groups excluding tert-OH is 3. The molecule has 5 heteroatoms. The number of carbonyl (C=O) groups is 1. The summed E-state index contributed by atoms with van der Waals surface area (Å²) in [7, 11) is 0. The van der Waals surface area contributed by atoms with Crippen LogP contribution in [0.3, 0.4) is 0 Å². The lowest BCUT2D eigenvalue weighted by atomic mass is 10.0. The lowest BCUT2D eigenvalue weighted by molar-refractivity contribution is -0.131. The van der Waals surface area contributed by atoms with Crippen LogP contribution in [0.5, 0.6) is 0 Å². The van der Waals surface area contributed by atoms with Crippen LogP contribution < -0.4 is 5.32 Å². The van der Waals surface area contributed by atoms with Gasteiger partial charge in [0.05, 0.1) is 18.8 Å². The number of unbranched alkanes of at least 4 members (excludes halogenated alkanes) is 32. The molecule has 0 aliphatic carbocycles. The molecule has 0 saturated heterocycles. The quantitative estimate of drug-likeness (QED) is 0.0283. The first kappa shape index (κ1) is 52.6. The van der Waals surface area contributed by atoms with Crippen LogP contribution in [0.2, 0.25) is 0 Å². The van der Waals surface area contributed by atoms with Crippen molar-refractivity contribution in [3.8, 4) is 0 Å². The van der Waals surface area contributed by atoms with E-state index in [4.69, 9.17) is 0 Å². The van der Waals surface area contributed by atoms with Crippen LogP contribution in [0, 0.1) is 0 Å². The fraction of sp³-hybridized carbons (Fsp3) is 0.857. The third-order valence-corrected chi connectivity index (χ3v) is 11.0. The Kier molecular flexibility index (Phi) is 43.1. The van der Waals surface area contributed by atoms with Crippen molar-refractivity contribution in [3.63, 3.8) is 0 Å². The highest BCUT2D eigenvalue weighted by Crippen LogP contribution is 2.16. The van der Waals surface area contributed by atoms with Gasteiger partial charge in [0.25, 0.3) is 0 Å². The lowest BCUT2D eigenvalue weighted by Crippen LogP contribution is -2.48. The summed E-state index contributed by atoms with van der Waals surface area (Å²) in [6, 6.07) is -0.800. The van der Waals surface area contributed by atoms with Crippen molar-refractivity contribution >= 4 is 5.91 Å². The Morgan fingerprint density at radius 1 is 0.463 bits per heavy atom. The molecule has 0 aromatic heterocycles. The van der Waals surface area contributed by atoms with Gasteiger partial charge in [-0.3, -0.25) is 4.79 Å². The highest BCUT2D eigenvalue weighted by atomic mass is 16.3. The van der Waals surface area contributed by atoms with E-state index in [9.17, 15) is 20.1 Å². The van der Waals surface area contributed by atoms with Gasteiger partial charge in [-0.25, -0.2) is 0 Å². The summed E-state index contributed by atoms with van der Waals surface area (Å²) in [5, 5.41) is 33.2. The molecular weight excluding hydrogens is 667 g/mol. The molecule has 54 heavy (non-hydrogen) atoms. The summed E-state index contributed by atoms with van der Waals surface area (Å²) in [5.74, 6) is -0.506. The van der Waals surface area contributed by atoms with E-state index in [1.54, 1.807) is 6.08 Å². The Balaban J connectivity index is 3.64. The van der Waals surface area contributed by atoms with E-state index in [0.29, 0.717) is 6.42 Å². The highest BCUT2D eigenvalue weighted by molar-refractivity contribution is 5.80. The van der Waals surface area contributed by atoms with Crippen LogP contribution in [-0.2, 0) is 4.79 Å². The molecule has 0 radical (unpaired) electrons. The zero-order chi connectivity index (χ0) is 39.4. The van der Waals surface area contributed by atoms with Crippen LogP contribution >= 0.6 is 0 Å². The van der Waals surface area contributed by atoms with Gasteiger partial charge in [-0.05, 0) is 44.9 Å². The number of amides is 1.